The number of ether oxygens (including phenoxy) is 1. The fourth-order valence-electron chi connectivity index (χ4n) is 1.81. The standard InChI is InChI=1S/C15H24N2O2/c1-3-15(18)17-13-9-8-12(7-5-6-10-16)11-14(13)19-4-2/h8-9,11H,3-7,10,16H2,1-2H3,(H,17,18). The summed E-state index contributed by atoms with van der Waals surface area (Å²) in [6, 6.07) is 5.95. The molecule has 1 amide bonds. The molecule has 1 aromatic carbocycles. The van der Waals surface area contributed by atoms with E-state index in [1.165, 1.54) is 5.56 Å². The lowest BCUT2D eigenvalue weighted by atomic mass is 10.1. The van der Waals surface area contributed by atoms with Gasteiger partial charge < -0.3 is 15.8 Å². The Balaban J connectivity index is 2.78. The first-order chi connectivity index (χ1) is 9.21. The van der Waals surface area contributed by atoms with Crippen molar-refractivity contribution in [2.45, 2.75) is 39.5 Å². The summed E-state index contributed by atoms with van der Waals surface area (Å²) in [5.41, 5.74) is 7.45. The van der Waals surface area contributed by atoms with E-state index in [0.29, 0.717) is 13.0 Å². The summed E-state index contributed by atoms with van der Waals surface area (Å²) in [6.45, 7) is 5.08. The second kappa shape index (κ2) is 8.53. The maximum Gasteiger partial charge on any atom is 0.224 e. The van der Waals surface area contributed by atoms with Gasteiger partial charge in [-0.2, -0.15) is 0 Å². The molecule has 0 aromatic heterocycles. The van der Waals surface area contributed by atoms with Crippen LogP contribution in [0.15, 0.2) is 18.2 Å². The SMILES string of the molecule is CCOc1cc(CCCCN)ccc1NC(=O)CC. The van der Waals surface area contributed by atoms with Crippen molar-refractivity contribution in [1.29, 1.82) is 0 Å². The molecule has 0 heterocycles. The predicted octanol–water partition coefficient (Wildman–Crippen LogP) is 2.72. The lowest BCUT2D eigenvalue weighted by Gasteiger charge is -2.13. The number of amides is 1. The summed E-state index contributed by atoms with van der Waals surface area (Å²) >= 11 is 0. The molecule has 0 spiro atoms. The number of aryl methyl sites for hydroxylation is 1. The fraction of sp³-hybridized carbons (Fsp3) is 0.533. The van der Waals surface area contributed by atoms with Crippen molar-refractivity contribution in [1.82, 2.24) is 0 Å². The molecule has 3 N–H and O–H groups in total. The third-order valence-electron chi connectivity index (χ3n) is 2.86. The van der Waals surface area contributed by atoms with E-state index in [1.54, 1.807) is 0 Å². The molecule has 0 aliphatic heterocycles. The number of nitrogens with one attached hydrogen (secondary N) is 1. The number of anilines is 1. The van der Waals surface area contributed by atoms with Gasteiger partial charge in [0.15, 0.2) is 0 Å². The number of rotatable bonds is 8. The molecule has 106 valence electrons. The summed E-state index contributed by atoms with van der Waals surface area (Å²) < 4.78 is 5.59. The Labute approximate surface area is 115 Å². The molecule has 1 aromatic rings. The Morgan fingerprint density at radius 2 is 2.11 bits per heavy atom. The number of unbranched alkanes of at least 4 members (excludes halogenated alkanes) is 1. The van der Waals surface area contributed by atoms with Crippen molar-refractivity contribution in [3.05, 3.63) is 23.8 Å². The van der Waals surface area contributed by atoms with Gasteiger partial charge in [-0.05, 0) is 50.4 Å². The lowest BCUT2D eigenvalue weighted by Crippen LogP contribution is -2.11. The largest absolute Gasteiger partial charge is 0.492 e. The van der Waals surface area contributed by atoms with Crippen molar-refractivity contribution in [3.63, 3.8) is 0 Å². The summed E-state index contributed by atoms with van der Waals surface area (Å²) in [5.74, 6) is 0.742. The average molecular weight is 264 g/mol. The van der Waals surface area contributed by atoms with E-state index in [9.17, 15) is 4.79 Å². The van der Waals surface area contributed by atoms with Crippen LogP contribution in [0.1, 0.15) is 38.7 Å². The third kappa shape index (κ3) is 5.30. The zero-order valence-corrected chi connectivity index (χ0v) is 11.9. The van der Waals surface area contributed by atoms with Gasteiger partial charge in [0.25, 0.3) is 0 Å². The molecule has 0 saturated carbocycles. The summed E-state index contributed by atoms with van der Waals surface area (Å²) in [5, 5.41) is 2.86. The Kier molecular flexibility index (Phi) is 6.97. The molecule has 0 saturated heterocycles. The van der Waals surface area contributed by atoms with E-state index in [0.717, 1.165) is 37.2 Å². The van der Waals surface area contributed by atoms with E-state index in [2.05, 4.69) is 5.32 Å². The zero-order valence-electron chi connectivity index (χ0n) is 11.9. The highest BCUT2D eigenvalue weighted by molar-refractivity contribution is 5.92. The van der Waals surface area contributed by atoms with Crippen LogP contribution in [0.4, 0.5) is 5.69 Å². The van der Waals surface area contributed by atoms with Gasteiger partial charge in [0.1, 0.15) is 5.75 Å². The molecule has 0 radical (unpaired) electrons. The minimum atomic E-state index is -0.00293. The minimum Gasteiger partial charge on any atom is -0.492 e. The van der Waals surface area contributed by atoms with Crippen LogP contribution >= 0.6 is 0 Å². The topological polar surface area (TPSA) is 64.3 Å². The maximum absolute atomic E-state index is 11.5. The molecular weight excluding hydrogens is 240 g/mol. The van der Waals surface area contributed by atoms with Crippen molar-refractivity contribution in [2.24, 2.45) is 5.73 Å². The predicted molar refractivity (Wildman–Crippen MR) is 78.5 cm³/mol. The number of hydrogen-bond donors (Lipinski definition) is 2. The Morgan fingerprint density at radius 1 is 1.32 bits per heavy atom. The molecule has 4 nitrogen and oxygen atoms in total. The van der Waals surface area contributed by atoms with E-state index < -0.39 is 0 Å². The first-order valence-corrected chi connectivity index (χ1v) is 6.96. The van der Waals surface area contributed by atoms with Gasteiger partial charge in [0, 0.05) is 6.42 Å². The highest BCUT2D eigenvalue weighted by atomic mass is 16.5. The second-order valence-electron chi connectivity index (χ2n) is 4.41. The van der Waals surface area contributed by atoms with Gasteiger partial charge in [-0.1, -0.05) is 13.0 Å². The van der Waals surface area contributed by atoms with E-state index >= 15 is 0 Å². The minimum absolute atomic E-state index is 0.00293. The van der Waals surface area contributed by atoms with Crippen LogP contribution in [0.2, 0.25) is 0 Å². The molecule has 4 heteroatoms. The molecule has 1 rings (SSSR count). The van der Waals surface area contributed by atoms with Gasteiger partial charge in [-0.25, -0.2) is 0 Å². The van der Waals surface area contributed by atoms with E-state index in [-0.39, 0.29) is 5.91 Å². The van der Waals surface area contributed by atoms with Crippen LogP contribution < -0.4 is 15.8 Å². The van der Waals surface area contributed by atoms with Crippen molar-refractivity contribution in [3.8, 4) is 5.75 Å². The van der Waals surface area contributed by atoms with Crippen LogP contribution in [0.25, 0.3) is 0 Å². The monoisotopic (exact) mass is 264 g/mol. The van der Waals surface area contributed by atoms with Gasteiger partial charge in [-0.3, -0.25) is 4.79 Å². The molecule has 0 atom stereocenters. The second-order valence-corrected chi connectivity index (χ2v) is 4.41. The number of nitrogens with two attached hydrogens (primary N) is 1. The normalized spacial score (nSPS) is 10.3. The lowest BCUT2D eigenvalue weighted by molar-refractivity contribution is -0.115. The van der Waals surface area contributed by atoms with Gasteiger partial charge in [-0.15, -0.1) is 0 Å². The number of carbonyl (C=O) groups excluding carboxylic acids is 1. The van der Waals surface area contributed by atoms with Gasteiger partial charge >= 0.3 is 0 Å². The van der Waals surface area contributed by atoms with Crippen LogP contribution in [0.5, 0.6) is 5.75 Å². The van der Waals surface area contributed by atoms with Gasteiger partial charge in [0.05, 0.1) is 12.3 Å². The third-order valence-corrected chi connectivity index (χ3v) is 2.86. The van der Waals surface area contributed by atoms with Crippen molar-refractivity contribution in [2.75, 3.05) is 18.5 Å². The number of hydrogen-bond acceptors (Lipinski definition) is 3. The highest BCUT2D eigenvalue weighted by Gasteiger charge is 2.07. The molecule has 19 heavy (non-hydrogen) atoms. The summed E-state index contributed by atoms with van der Waals surface area (Å²) in [4.78, 5) is 11.5. The Hall–Kier alpha value is -1.55. The van der Waals surface area contributed by atoms with Crippen LogP contribution in [0.3, 0.4) is 0 Å². The first-order valence-electron chi connectivity index (χ1n) is 6.96. The first kappa shape index (κ1) is 15.5. The Morgan fingerprint density at radius 3 is 2.74 bits per heavy atom. The number of benzene rings is 1. The maximum atomic E-state index is 11.5. The Bertz CT molecular complexity index is 405. The molecule has 0 unspecified atom stereocenters. The molecule has 0 aliphatic rings. The average Bonchev–Trinajstić information content (AvgIpc) is 2.42. The summed E-state index contributed by atoms with van der Waals surface area (Å²) in [7, 11) is 0. The van der Waals surface area contributed by atoms with Crippen molar-refractivity contribution < 1.29 is 9.53 Å². The molecular formula is C15H24N2O2. The fourth-order valence-corrected chi connectivity index (χ4v) is 1.81. The molecule has 0 aliphatic carbocycles. The van der Waals surface area contributed by atoms with Crippen LogP contribution in [0, 0.1) is 0 Å². The molecule has 0 bridgehead atoms. The highest BCUT2D eigenvalue weighted by Crippen LogP contribution is 2.27. The van der Waals surface area contributed by atoms with Crippen molar-refractivity contribution >= 4 is 11.6 Å². The zero-order chi connectivity index (χ0) is 14.1. The quantitative estimate of drug-likeness (QED) is 0.710. The van der Waals surface area contributed by atoms with Crippen LogP contribution in [-0.2, 0) is 11.2 Å². The molecule has 0 fully saturated rings. The number of carbonyl (C=O) groups is 1. The smallest absolute Gasteiger partial charge is 0.224 e. The van der Waals surface area contributed by atoms with Gasteiger partial charge in [0.2, 0.25) is 5.91 Å². The summed E-state index contributed by atoms with van der Waals surface area (Å²) in [6.07, 6.45) is 3.55. The van der Waals surface area contributed by atoms with E-state index in [1.807, 2.05) is 32.0 Å². The van der Waals surface area contributed by atoms with Crippen LogP contribution in [-0.4, -0.2) is 19.1 Å². The van der Waals surface area contributed by atoms with E-state index in [4.69, 9.17) is 10.5 Å².